The van der Waals surface area contributed by atoms with E-state index in [4.69, 9.17) is 0 Å². The first-order chi connectivity index (χ1) is 8.74. The van der Waals surface area contributed by atoms with E-state index < -0.39 is 0 Å². The molecule has 0 saturated heterocycles. The van der Waals surface area contributed by atoms with Gasteiger partial charge in [0.15, 0.2) is 0 Å². The van der Waals surface area contributed by atoms with Gasteiger partial charge >= 0.3 is 0 Å². The molecule has 1 aromatic rings. The second kappa shape index (κ2) is 8.72. The maximum atomic E-state index is 11.9. The summed E-state index contributed by atoms with van der Waals surface area (Å²) in [5.74, 6) is 0.228. The Morgan fingerprint density at radius 2 is 2.00 bits per heavy atom. The number of nitrogens with one attached hydrogen (secondary N) is 1. The smallest absolute Gasteiger partial charge is 0.222 e. The number of rotatable bonds is 9. The number of hydrogen-bond donors (Lipinski definition) is 1. The highest BCUT2D eigenvalue weighted by Crippen LogP contribution is 2.09. The van der Waals surface area contributed by atoms with Gasteiger partial charge in [-0.15, -0.1) is 0 Å². The zero-order chi connectivity index (χ0) is 13.2. The van der Waals surface area contributed by atoms with Gasteiger partial charge in [-0.1, -0.05) is 39.0 Å². The summed E-state index contributed by atoms with van der Waals surface area (Å²) in [6.45, 7) is 2.86. The van der Waals surface area contributed by atoms with E-state index in [1.807, 2.05) is 13.2 Å². The van der Waals surface area contributed by atoms with Crippen LogP contribution in [0.2, 0.25) is 0 Å². The molecule has 0 aliphatic heterocycles. The minimum absolute atomic E-state index is 0.228. The van der Waals surface area contributed by atoms with E-state index in [9.17, 15) is 4.79 Å². The molecule has 1 aromatic heterocycles. The molecule has 1 N–H and O–H groups in total. The van der Waals surface area contributed by atoms with Crippen LogP contribution in [0.5, 0.6) is 0 Å². The summed E-state index contributed by atoms with van der Waals surface area (Å²) >= 11 is 0. The number of hydrogen-bond acceptors (Lipinski definition) is 2. The van der Waals surface area contributed by atoms with Crippen LogP contribution in [0.3, 0.4) is 0 Å². The van der Waals surface area contributed by atoms with Gasteiger partial charge in [-0.3, -0.25) is 9.89 Å². The third-order valence-electron chi connectivity index (χ3n) is 3.14. The molecule has 0 aliphatic rings. The Kier molecular flexibility index (Phi) is 7.14. The molecule has 0 radical (unpaired) electrons. The van der Waals surface area contributed by atoms with E-state index in [1.54, 1.807) is 11.1 Å². The largest absolute Gasteiger partial charge is 0.341 e. The third-order valence-corrected chi connectivity index (χ3v) is 3.14. The zero-order valence-corrected chi connectivity index (χ0v) is 11.6. The van der Waals surface area contributed by atoms with Crippen molar-refractivity contribution in [2.75, 3.05) is 7.05 Å². The first-order valence-corrected chi connectivity index (χ1v) is 6.95. The lowest BCUT2D eigenvalue weighted by atomic mass is 10.1. The summed E-state index contributed by atoms with van der Waals surface area (Å²) in [4.78, 5) is 13.6. The fourth-order valence-corrected chi connectivity index (χ4v) is 1.97. The number of amides is 1. The molecule has 0 aliphatic carbocycles. The molecule has 18 heavy (non-hydrogen) atoms. The van der Waals surface area contributed by atoms with E-state index in [1.165, 1.54) is 32.1 Å². The number of aromatic nitrogens is 2. The van der Waals surface area contributed by atoms with Gasteiger partial charge in [0.05, 0.1) is 6.20 Å². The molecule has 0 spiro atoms. The minimum atomic E-state index is 0.228. The lowest BCUT2D eigenvalue weighted by Gasteiger charge is -2.15. The van der Waals surface area contributed by atoms with Crippen molar-refractivity contribution in [2.45, 2.75) is 58.4 Å². The monoisotopic (exact) mass is 251 g/mol. The molecule has 0 saturated carbocycles. The van der Waals surface area contributed by atoms with Crippen LogP contribution in [-0.4, -0.2) is 28.1 Å². The van der Waals surface area contributed by atoms with Gasteiger partial charge < -0.3 is 4.90 Å². The van der Waals surface area contributed by atoms with Crippen LogP contribution >= 0.6 is 0 Å². The van der Waals surface area contributed by atoms with Crippen LogP contribution in [0, 0.1) is 0 Å². The molecule has 1 amide bonds. The topological polar surface area (TPSA) is 49.0 Å². The maximum Gasteiger partial charge on any atom is 0.222 e. The Bertz CT molecular complexity index is 322. The predicted octanol–water partition coefficient (Wildman–Crippen LogP) is 3.12. The molecule has 102 valence electrons. The summed E-state index contributed by atoms with van der Waals surface area (Å²) in [5, 5.41) is 6.63. The Labute approximate surface area is 110 Å². The van der Waals surface area contributed by atoms with Crippen molar-refractivity contribution in [3.63, 3.8) is 0 Å². The minimum Gasteiger partial charge on any atom is -0.341 e. The highest BCUT2D eigenvalue weighted by molar-refractivity contribution is 5.75. The Hall–Kier alpha value is -1.32. The molecule has 0 bridgehead atoms. The third kappa shape index (κ3) is 5.84. The normalized spacial score (nSPS) is 10.6. The van der Waals surface area contributed by atoms with Crippen LogP contribution in [0.25, 0.3) is 0 Å². The fourth-order valence-electron chi connectivity index (χ4n) is 1.97. The second-order valence-corrected chi connectivity index (χ2v) is 4.87. The van der Waals surface area contributed by atoms with Crippen LogP contribution in [0.4, 0.5) is 0 Å². The number of H-pyrrole nitrogens is 1. The summed E-state index contributed by atoms with van der Waals surface area (Å²) < 4.78 is 0. The predicted molar refractivity (Wildman–Crippen MR) is 73.1 cm³/mol. The van der Waals surface area contributed by atoms with Crippen molar-refractivity contribution in [3.8, 4) is 0 Å². The highest BCUT2D eigenvalue weighted by Gasteiger charge is 2.09. The molecule has 0 aromatic carbocycles. The lowest BCUT2D eigenvalue weighted by molar-refractivity contribution is -0.130. The molecule has 4 heteroatoms. The van der Waals surface area contributed by atoms with Gasteiger partial charge in [0.2, 0.25) is 5.91 Å². The highest BCUT2D eigenvalue weighted by atomic mass is 16.2. The van der Waals surface area contributed by atoms with Crippen molar-refractivity contribution < 1.29 is 4.79 Å². The zero-order valence-electron chi connectivity index (χ0n) is 11.6. The summed E-state index contributed by atoms with van der Waals surface area (Å²) in [7, 11) is 1.85. The van der Waals surface area contributed by atoms with E-state index >= 15 is 0 Å². The van der Waals surface area contributed by atoms with Crippen LogP contribution in [0.15, 0.2) is 12.4 Å². The van der Waals surface area contributed by atoms with Crippen LogP contribution < -0.4 is 0 Å². The first kappa shape index (κ1) is 14.7. The molecule has 0 fully saturated rings. The molecular weight excluding hydrogens is 226 g/mol. The molecule has 0 atom stereocenters. The van der Waals surface area contributed by atoms with Gasteiger partial charge in [0, 0.05) is 31.8 Å². The van der Waals surface area contributed by atoms with Gasteiger partial charge in [0.1, 0.15) is 0 Å². The Morgan fingerprint density at radius 1 is 1.28 bits per heavy atom. The standard InChI is InChI=1S/C14H25N3O/c1-3-4-5-6-7-8-9-14(18)17(2)12-13-10-15-16-11-13/h10-11H,3-9,12H2,1-2H3,(H,15,16). The Morgan fingerprint density at radius 3 is 2.67 bits per heavy atom. The van der Waals surface area contributed by atoms with Crippen molar-refractivity contribution in [3.05, 3.63) is 18.0 Å². The van der Waals surface area contributed by atoms with E-state index in [2.05, 4.69) is 17.1 Å². The first-order valence-electron chi connectivity index (χ1n) is 6.95. The molecule has 1 heterocycles. The number of unbranched alkanes of at least 4 members (excludes halogenated alkanes) is 5. The average Bonchev–Trinajstić information content (AvgIpc) is 2.86. The molecule has 0 unspecified atom stereocenters. The summed E-state index contributed by atoms with van der Waals surface area (Å²) in [6, 6.07) is 0. The second-order valence-electron chi connectivity index (χ2n) is 4.87. The van der Waals surface area contributed by atoms with Gasteiger partial charge in [-0.25, -0.2) is 0 Å². The van der Waals surface area contributed by atoms with E-state index in [0.29, 0.717) is 13.0 Å². The number of nitrogens with zero attached hydrogens (tertiary/aromatic N) is 2. The van der Waals surface area contributed by atoms with Crippen molar-refractivity contribution in [2.24, 2.45) is 0 Å². The SMILES string of the molecule is CCCCCCCCC(=O)N(C)Cc1cn[nH]c1. The average molecular weight is 251 g/mol. The summed E-state index contributed by atoms with van der Waals surface area (Å²) in [5.41, 5.74) is 1.05. The maximum absolute atomic E-state index is 11.9. The van der Waals surface area contributed by atoms with E-state index in [-0.39, 0.29) is 5.91 Å². The number of carbonyl (C=O) groups excluding carboxylic acids is 1. The Balaban J connectivity index is 2.08. The van der Waals surface area contributed by atoms with Crippen LogP contribution in [0.1, 0.15) is 57.4 Å². The molecule has 1 rings (SSSR count). The van der Waals surface area contributed by atoms with E-state index in [0.717, 1.165) is 12.0 Å². The van der Waals surface area contributed by atoms with Gasteiger partial charge in [0.25, 0.3) is 0 Å². The van der Waals surface area contributed by atoms with Crippen LogP contribution in [-0.2, 0) is 11.3 Å². The van der Waals surface area contributed by atoms with Gasteiger partial charge in [-0.2, -0.15) is 5.10 Å². The van der Waals surface area contributed by atoms with Crippen molar-refractivity contribution in [1.29, 1.82) is 0 Å². The number of aromatic amines is 1. The lowest BCUT2D eigenvalue weighted by Crippen LogP contribution is -2.25. The quantitative estimate of drug-likeness (QED) is 0.685. The number of carbonyl (C=O) groups is 1. The molecular formula is C14H25N3O. The molecule has 4 nitrogen and oxygen atoms in total. The van der Waals surface area contributed by atoms with Crippen molar-refractivity contribution >= 4 is 5.91 Å². The fraction of sp³-hybridized carbons (Fsp3) is 0.714. The van der Waals surface area contributed by atoms with Crippen molar-refractivity contribution in [1.82, 2.24) is 15.1 Å². The summed E-state index contributed by atoms with van der Waals surface area (Å²) in [6.07, 6.45) is 11.6. The van der Waals surface area contributed by atoms with Gasteiger partial charge in [-0.05, 0) is 6.42 Å².